The van der Waals surface area contributed by atoms with Gasteiger partial charge in [-0.15, -0.1) is 0 Å². The number of nitrogens with one attached hydrogen (secondary N) is 3. The molecule has 1 aromatic heterocycles. The van der Waals surface area contributed by atoms with Crippen molar-refractivity contribution in [1.82, 2.24) is 15.1 Å². The van der Waals surface area contributed by atoms with Crippen molar-refractivity contribution in [2.24, 2.45) is 5.92 Å². The van der Waals surface area contributed by atoms with Gasteiger partial charge in [0.05, 0.1) is 17.3 Å². The van der Waals surface area contributed by atoms with E-state index in [1.807, 2.05) is 75.4 Å². The summed E-state index contributed by atoms with van der Waals surface area (Å²) in [5, 5.41) is 14.2. The Hall–Kier alpha value is -4.23. The van der Waals surface area contributed by atoms with Crippen LogP contribution in [0.3, 0.4) is 0 Å². The van der Waals surface area contributed by atoms with Crippen LogP contribution in [0.4, 0.5) is 16.3 Å². The molecule has 0 radical (unpaired) electrons. The normalized spacial score (nSPS) is 14.7. The number of aryl methyl sites for hydroxylation is 4. The van der Waals surface area contributed by atoms with E-state index in [-0.39, 0.29) is 29.1 Å². The van der Waals surface area contributed by atoms with E-state index in [2.05, 4.69) is 55.8 Å². The van der Waals surface area contributed by atoms with Gasteiger partial charge in [0.2, 0.25) is 0 Å². The van der Waals surface area contributed by atoms with Gasteiger partial charge >= 0.3 is 6.03 Å². The SMILES string of the molecule is Cc1ccc(-n2nc(C(C)(C)C)cc2NC(=O)Nc2ccc(C(C(=O)c3c(C)cc(C)cc3C)C3CCNCC3)cc2)cc1. The third kappa shape index (κ3) is 6.94. The molecule has 1 unspecified atom stereocenters. The van der Waals surface area contributed by atoms with Crippen LogP contribution in [0.5, 0.6) is 0 Å². The monoisotopic (exact) mass is 591 g/mol. The second-order valence-electron chi connectivity index (χ2n) is 13.3. The van der Waals surface area contributed by atoms with Crippen LogP contribution in [0.15, 0.2) is 66.7 Å². The van der Waals surface area contributed by atoms with Gasteiger partial charge in [0.25, 0.3) is 0 Å². The maximum Gasteiger partial charge on any atom is 0.324 e. The lowest BCUT2D eigenvalue weighted by atomic mass is 9.75. The summed E-state index contributed by atoms with van der Waals surface area (Å²) in [6.45, 7) is 16.3. The first-order valence-electron chi connectivity index (χ1n) is 15.6. The number of nitrogens with zero attached hydrogens (tertiary/aromatic N) is 2. The van der Waals surface area contributed by atoms with E-state index < -0.39 is 0 Å². The van der Waals surface area contributed by atoms with Crippen LogP contribution >= 0.6 is 0 Å². The van der Waals surface area contributed by atoms with Crippen molar-refractivity contribution < 1.29 is 9.59 Å². The minimum absolute atomic E-state index is 0.184. The Morgan fingerprint density at radius 3 is 2.05 bits per heavy atom. The van der Waals surface area contributed by atoms with Crippen molar-refractivity contribution in [2.75, 3.05) is 23.7 Å². The van der Waals surface area contributed by atoms with Crippen LogP contribution in [-0.2, 0) is 5.41 Å². The van der Waals surface area contributed by atoms with Gasteiger partial charge in [0, 0.05) is 22.7 Å². The van der Waals surface area contributed by atoms with E-state index in [0.717, 1.165) is 65.1 Å². The Labute approximate surface area is 261 Å². The number of rotatable bonds is 7. The molecular formula is C37H45N5O2. The number of hydrogen-bond acceptors (Lipinski definition) is 4. The van der Waals surface area contributed by atoms with Crippen molar-refractivity contribution in [3.05, 3.63) is 106 Å². The van der Waals surface area contributed by atoms with E-state index in [0.29, 0.717) is 11.5 Å². The number of aromatic nitrogens is 2. The summed E-state index contributed by atoms with van der Waals surface area (Å²) in [5.74, 6) is 0.794. The predicted molar refractivity (Wildman–Crippen MR) is 179 cm³/mol. The van der Waals surface area contributed by atoms with Crippen molar-refractivity contribution in [1.29, 1.82) is 0 Å². The first-order chi connectivity index (χ1) is 20.9. The fourth-order valence-corrected chi connectivity index (χ4v) is 6.31. The number of hydrogen-bond donors (Lipinski definition) is 3. The van der Waals surface area contributed by atoms with Gasteiger partial charge < -0.3 is 10.6 Å². The van der Waals surface area contributed by atoms with E-state index in [1.54, 1.807) is 4.68 Å². The average Bonchev–Trinajstić information content (AvgIpc) is 3.39. The zero-order chi connectivity index (χ0) is 31.6. The lowest BCUT2D eigenvalue weighted by Gasteiger charge is -2.31. The summed E-state index contributed by atoms with van der Waals surface area (Å²) in [5.41, 5.74) is 8.42. The number of urea groups is 1. The van der Waals surface area contributed by atoms with Crippen LogP contribution < -0.4 is 16.0 Å². The van der Waals surface area contributed by atoms with E-state index in [9.17, 15) is 9.59 Å². The standard InChI is InChI=1S/C37H45N5O2/c1-23-8-14-30(15-9-23)42-32(22-31(41-42)37(5,6)7)40-36(44)39-29-12-10-27(11-13-29)34(28-16-18-38-19-17-28)35(43)33-25(3)20-24(2)21-26(33)4/h8-15,20-22,28,34,38H,16-19H2,1-7H3,(H2,39,40,44). The number of amides is 2. The van der Waals surface area contributed by atoms with E-state index >= 15 is 0 Å². The number of Topliss-reactive ketones (excluding diaryl/α,β-unsaturated/α-hetero) is 1. The van der Waals surface area contributed by atoms with Crippen molar-refractivity contribution in [2.45, 2.75) is 72.6 Å². The highest BCUT2D eigenvalue weighted by atomic mass is 16.2. The van der Waals surface area contributed by atoms with Gasteiger partial charge in [0.15, 0.2) is 5.78 Å². The summed E-state index contributed by atoms with van der Waals surface area (Å²) in [6, 6.07) is 21.6. The molecule has 4 aromatic rings. The minimum atomic E-state index is -0.358. The molecule has 7 heteroatoms. The zero-order valence-corrected chi connectivity index (χ0v) is 27.0. The molecule has 1 fully saturated rings. The lowest BCUT2D eigenvalue weighted by molar-refractivity contribution is 0.0914. The zero-order valence-electron chi connectivity index (χ0n) is 27.0. The molecule has 2 heterocycles. The first-order valence-corrected chi connectivity index (χ1v) is 15.6. The third-order valence-corrected chi connectivity index (χ3v) is 8.59. The van der Waals surface area contributed by atoms with Crippen LogP contribution in [0.1, 0.15) is 83.4 Å². The number of benzene rings is 3. The number of ketones is 1. The Morgan fingerprint density at radius 2 is 1.45 bits per heavy atom. The smallest absolute Gasteiger partial charge is 0.317 e. The summed E-state index contributed by atoms with van der Waals surface area (Å²) in [4.78, 5) is 27.4. The molecule has 0 spiro atoms. The van der Waals surface area contributed by atoms with E-state index in [4.69, 9.17) is 5.10 Å². The molecule has 1 aliphatic rings. The molecule has 1 atom stereocenters. The number of carbonyl (C=O) groups is 2. The van der Waals surface area contributed by atoms with Crippen LogP contribution in [0, 0.1) is 33.6 Å². The minimum Gasteiger partial charge on any atom is -0.317 e. The van der Waals surface area contributed by atoms with Gasteiger partial charge in [-0.05, 0) is 100 Å². The topological polar surface area (TPSA) is 88.1 Å². The molecule has 5 rings (SSSR count). The largest absolute Gasteiger partial charge is 0.324 e. The van der Waals surface area contributed by atoms with Gasteiger partial charge in [-0.3, -0.25) is 10.1 Å². The molecule has 1 saturated heterocycles. The fraction of sp³-hybridized carbons (Fsp3) is 0.378. The van der Waals surface area contributed by atoms with Crippen molar-refractivity contribution in [3.8, 4) is 5.69 Å². The van der Waals surface area contributed by atoms with Crippen LogP contribution in [0.2, 0.25) is 0 Å². The maximum atomic E-state index is 14.2. The second kappa shape index (κ2) is 12.8. The maximum absolute atomic E-state index is 14.2. The fourth-order valence-electron chi connectivity index (χ4n) is 6.31. The third-order valence-electron chi connectivity index (χ3n) is 8.59. The molecule has 7 nitrogen and oxygen atoms in total. The number of carbonyl (C=O) groups excluding carboxylic acids is 2. The quantitative estimate of drug-likeness (QED) is 0.190. The highest BCUT2D eigenvalue weighted by Gasteiger charge is 2.33. The molecule has 0 aliphatic carbocycles. The Balaban J connectivity index is 1.37. The Kier molecular flexibility index (Phi) is 9.07. The van der Waals surface area contributed by atoms with Gasteiger partial charge in [-0.25, -0.2) is 9.48 Å². The van der Waals surface area contributed by atoms with Crippen LogP contribution in [0.25, 0.3) is 5.69 Å². The van der Waals surface area contributed by atoms with Crippen molar-refractivity contribution >= 4 is 23.3 Å². The summed E-state index contributed by atoms with van der Waals surface area (Å²) in [6.07, 6.45) is 1.90. The first kappa shape index (κ1) is 31.2. The highest BCUT2D eigenvalue weighted by molar-refractivity contribution is 6.04. The number of piperidine rings is 1. The van der Waals surface area contributed by atoms with Gasteiger partial charge in [-0.2, -0.15) is 5.10 Å². The average molecular weight is 592 g/mol. The van der Waals surface area contributed by atoms with Crippen LogP contribution in [-0.4, -0.2) is 34.7 Å². The predicted octanol–water partition coefficient (Wildman–Crippen LogP) is 8.01. The molecule has 0 bridgehead atoms. The Bertz CT molecular complexity index is 1620. The lowest BCUT2D eigenvalue weighted by Crippen LogP contribution is -2.34. The van der Waals surface area contributed by atoms with E-state index in [1.165, 1.54) is 5.56 Å². The molecular weight excluding hydrogens is 546 g/mol. The second-order valence-corrected chi connectivity index (χ2v) is 13.3. The molecule has 1 aliphatic heterocycles. The highest BCUT2D eigenvalue weighted by Crippen LogP contribution is 2.36. The summed E-state index contributed by atoms with van der Waals surface area (Å²) < 4.78 is 1.77. The Morgan fingerprint density at radius 1 is 0.841 bits per heavy atom. The molecule has 2 amide bonds. The molecule has 3 N–H and O–H groups in total. The van der Waals surface area contributed by atoms with Gasteiger partial charge in [-0.1, -0.05) is 68.3 Å². The van der Waals surface area contributed by atoms with Gasteiger partial charge in [0.1, 0.15) is 5.82 Å². The molecule has 230 valence electrons. The number of anilines is 2. The van der Waals surface area contributed by atoms with Crippen molar-refractivity contribution in [3.63, 3.8) is 0 Å². The molecule has 0 saturated carbocycles. The molecule has 44 heavy (non-hydrogen) atoms. The summed E-state index contributed by atoms with van der Waals surface area (Å²) >= 11 is 0. The summed E-state index contributed by atoms with van der Waals surface area (Å²) in [7, 11) is 0. The molecule has 3 aromatic carbocycles.